The molecule has 0 radical (unpaired) electrons. The van der Waals surface area contributed by atoms with Crippen LogP contribution in [-0.4, -0.2) is 22.5 Å². The zero-order valence-electron chi connectivity index (χ0n) is 13.6. The molecule has 3 heteroatoms. The van der Waals surface area contributed by atoms with Crippen LogP contribution in [0.25, 0.3) is 0 Å². The molecule has 0 aliphatic carbocycles. The second kappa shape index (κ2) is 12.1. The average Bonchev–Trinajstić information content (AvgIpc) is 2.31. The van der Waals surface area contributed by atoms with Crippen molar-refractivity contribution < 1.29 is 5.11 Å². The standard InChI is InChI=1S/C17H34Cl2O/c1-15(20)14-17(2,3)12-9-7-5-4-6-8-10-16(19)11-13-18/h15-16,20H,4-14H2,1-3H3. The van der Waals surface area contributed by atoms with Crippen LogP contribution < -0.4 is 0 Å². The molecule has 1 N–H and O–H groups in total. The summed E-state index contributed by atoms with van der Waals surface area (Å²) >= 11 is 11.8. The maximum absolute atomic E-state index is 9.45. The molecule has 2 unspecified atom stereocenters. The van der Waals surface area contributed by atoms with Crippen molar-refractivity contribution in [2.75, 3.05) is 5.88 Å². The highest BCUT2D eigenvalue weighted by Crippen LogP contribution is 2.29. The SMILES string of the molecule is CC(O)CC(C)(C)CCCCCCCCC(Cl)CCCl. The van der Waals surface area contributed by atoms with E-state index < -0.39 is 0 Å². The molecule has 1 nitrogen and oxygen atoms in total. The van der Waals surface area contributed by atoms with E-state index in [1.165, 1.54) is 44.9 Å². The monoisotopic (exact) mass is 324 g/mol. The lowest BCUT2D eigenvalue weighted by Crippen LogP contribution is -2.18. The van der Waals surface area contributed by atoms with Crippen molar-refractivity contribution in [3.05, 3.63) is 0 Å². The molecule has 122 valence electrons. The fourth-order valence-electron chi connectivity index (χ4n) is 2.84. The minimum Gasteiger partial charge on any atom is -0.393 e. The molecule has 2 atom stereocenters. The van der Waals surface area contributed by atoms with Gasteiger partial charge >= 0.3 is 0 Å². The van der Waals surface area contributed by atoms with Gasteiger partial charge in [0.25, 0.3) is 0 Å². The summed E-state index contributed by atoms with van der Waals surface area (Å²) in [6.07, 6.45) is 11.8. The Morgan fingerprint density at radius 3 is 2.05 bits per heavy atom. The molecular formula is C17H34Cl2O. The summed E-state index contributed by atoms with van der Waals surface area (Å²) in [6, 6.07) is 0. The summed E-state index contributed by atoms with van der Waals surface area (Å²) in [7, 11) is 0. The van der Waals surface area contributed by atoms with Crippen LogP contribution >= 0.6 is 23.2 Å². The third-order valence-electron chi connectivity index (χ3n) is 3.89. The summed E-state index contributed by atoms with van der Waals surface area (Å²) in [5.74, 6) is 0.677. The second-order valence-corrected chi connectivity index (χ2v) is 7.95. The van der Waals surface area contributed by atoms with Crippen molar-refractivity contribution in [2.45, 2.75) is 96.5 Å². The van der Waals surface area contributed by atoms with E-state index in [4.69, 9.17) is 23.2 Å². The number of aliphatic hydroxyl groups is 1. The summed E-state index contributed by atoms with van der Waals surface area (Å²) in [6.45, 7) is 6.41. The minimum atomic E-state index is -0.179. The number of hydrogen-bond acceptors (Lipinski definition) is 1. The molecule has 0 amide bonds. The van der Waals surface area contributed by atoms with Crippen molar-refractivity contribution >= 4 is 23.2 Å². The van der Waals surface area contributed by atoms with Gasteiger partial charge in [-0.15, -0.1) is 23.2 Å². The minimum absolute atomic E-state index is 0.179. The first-order valence-electron chi connectivity index (χ1n) is 8.25. The number of halogens is 2. The first-order valence-corrected chi connectivity index (χ1v) is 9.22. The Kier molecular flexibility index (Phi) is 12.4. The molecule has 0 fully saturated rings. The van der Waals surface area contributed by atoms with E-state index in [-0.39, 0.29) is 16.9 Å². The van der Waals surface area contributed by atoms with Crippen LogP contribution in [-0.2, 0) is 0 Å². The number of unbranched alkanes of at least 4 members (excludes halogenated alkanes) is 5. The lowest BCUT2D eigenvalue weighted by molar-refractivity contribution is 0.123. The van der Waals surface area contributed by atoms with Gasteiger partial charge in [-0.05, 0) is 38.0 Å². The highest BCUT2D eigenvalue weighted by atomic mass is 35.5. The van der Waals surface area contributed by atoms with Gasteiger partial charge in [-0.1, -0.05) is 52.4 Å². The Labute approximate surface area is 136 Å². The van der Waals surface area contributed by atoms with E-state index in [1.807, 2.05) is 6.92 Å². The number of aliphatic hydroxyl groups excluding tert-OH is 1. The molecule has 0 rings (SSSR count). The van der Waals surface area contributed by atoms with E-state index >= 15 is 0 Å². The van der Waals surface area contributed by atoms with Gasteiger partial charge in [-0.25, -0.2) is 0 Å². The quantitative estimate of drug-likeness (QED) is 0.318. The smallest absolute Gasteiger partial charge is 0.0517 e. The van der Waals surface area contributed by atoms with Crippen LogP contribution in [0.4, 0.5) is 0 Å². The lowest BCUT2D eigenvalue weighted by atomic mass is 9.82. The molecule has 0 aromatic rings. The van der Waals surface area contributed by atoms with Crippen LogP contribution in [0.2, 0.25) is 0 Å². The molecule has 0 aliphatic heterocycles. The first-order chi connectivity index (χ1) is 9.37. The molecule has 0 aromatic heterocycles. The van der Waals surface area contributed by atoms with Crippen molar-refractivity contribution in [2.24, 2.45) is 5.41 Å². The molecule has 0 saturated carbocycles. The predicted octanol–water partition coefficient (Wildman–Crippen LogP) is 6.14. The van der Waals surface area contributed by atoms with Crippen LogP contribution in [0.1, 0.15) is 85.0 Å². The highest BCUT2D eigenvalue weighted by molar-refractivity contribution is 6.22. The normalized spacial score (nSPS) is 15.3. The van der Waals surface area contributed by atoms with Gasteiger partial charge in [0.1, 0.15) is 0 Å². The summed E-state index contributed by atoms with van der Waals surface area (Å²) < 4.78 is 0. The molecule has 0 aromatic carbocycles. The first kappa shape index (κ1) is 20.5. The number of hydrogen-bond donors (Lipinski definition) is 1. The van der Waals surface area contributed by atoms with Crippen molar-refractivity contribution in [1.29, 1.82) is 0 Å². The number of rotatable bonds is 13. The summed E-state index contributed by atoms with van der Waals surface area (Å²) in [5.41, 5.74) is 0.279. The van der Waals surface area contributed by atoms with Crippen LogP contribution in [0, 0.1) is 5.41 Å². The largest absolute Gasteiger partial charge is 0.393 e. The van der Waals surface area contributed by atoms with Crippen molar-refractivity contribution in [1.82, 2.24) is 0 Å². The van der Waals surface area contributed by atoms with E-state index in [0.717, 1.165) is 19.3 Å². The fraction of sp³-hybridized carbons (Fsp3) is 1.00. The van der Waals surface area contributed by atoms with Crippen LogP contribution in [0.3, 0.4) is 0 Å². The Morgan fingerprint density at radius 2 is 1.50 bits per heavy atom. The molecule has 0 saturated heterocycles. The van der Waals surface area contributed by atoms with Gasteiger partial charge in [0.05, 0.1) is 6.10 Å². The maximum atomic E-state index is 9.45. The van der Waals surface area contributed by atoms with Gasteiger partial charge < -0.3 is 5.11 Å². The van der Waals surface area contributed by atoms with Crippen LogP contribution in [0.5, 0.6) is 0 Å². The molecule has 0 aliphatic rings. The maximum Gasteiger partial charge on any atom is 0.0517 e. The molecule has 0 spiro atoms. The third-order valence-corrected chi connectivity index (χ3v) is 4.55. The number of alkyl halides is 2. The van der Waals surface area contributed by atoms with E-state index in [2.05, 4.69) is 13.8 Å². The molecule has 20 heavy (non-hydrogen) atoms. The highest BCUT2D eigenvalue weighted by Gasteiger charge is 2.19. The van der Waals surface area contributed by atoms with Crippen LogP contribution in [0.15, 0.2) is 0 Å². The molecule has 0 bridgehead atoms. The lowest BCUT2D eigenvalue weighted by Gasteiger charge is -2.26. The predicted molar refractivity (Wildman–Crippen MR) is 92.0 cm³/mol. The zero-order valence-corrected chi connectivity index (χ0v) is 15.1. The third kappa shape index (κ3) is 13.5. The zero-order chi connectivity index (χ0) is 15.4. The van der Waals surface area contributed by atoms with Gasteiger partial charge in [0, 0.05) is 11.3 Å². The Bertz CT molecular complexity index is 217. The topological polar surface area (TPSA) is 20.2 Å². The second-order valence-electron chi connectivity index (χ2n) is 6.95. The van der Waals surface area contributed by atoms with Gasteiger partial charge in [0.15, 0.2) is 0 Å². The fourth-order valence-corrected chi connectivity index (χ4v) is 3.48. The van der Waals surface area contributed by atoms with Crippen molar-refractivity contribution in [3.63, 3.8) is 0 Å². The summed E-state index contributed by atoms with van der Waals surface area (Å²) in [5, 5.41) is 9.72. The Morgan fingerprint density at radius 1 is 0.950 bits per heavy atom. The molecule has 0 heterocycles. The Balaban J connectivity index is 3.36. The van der Waals surface area contributed by atoms with E-state index in [1.54, 1.807) is 0 Å². The van der Waals surface area contributed by atoms with Gasteiger partial charge in [0.2, 0.25) is 0 Å². The van der Waals surface area contributed by atoms with E-state index in [0.29, 0.717) is 5.88 Å². The molecular weight excluding hydrogens is 291 g/mol. The van der Waals surface area contributed by atoms with E-state index in [9.17, 15) is 5.11 Å². The Hall–Kier alpha value is 0.540. The average molecular weight is 325 g/mol. The van der Waals surface area contributed by atoms with Gasteiger partial charge in [-0.2, -0.15) is 0 Å². The van der Waals surface area contributed by atoms with Crippen molar-refractivity contribution in [3.8, 4) is 0 Å². The van der Waals surface area contributed by atoms with Gasteiger partial charge in [-0.3, -0.25) is 0 Å². The summed E-state index contributed by atoms with van der Waals surface area (Å²) in [4.78, 5) is 0.